The van der Waals surface area contributed by atoms with Crippen LogP contribution in [0.25, 0.3) is 16.8 Å². The maximum Gasteiger partial charge on any atom is 0.525 e. The summed E-state index contributed by atoms with van der Waals surface area (Å²) in [5.41, 5.74) is -1.66. The van der Waals surface area contributed by atoms with Crippen LogP contribution in [0.15, 0.2) is 33.9 Å². The number of nitrogens with zero attached hydrogens (tertiary/aromatic N) is 1. The van der Waals surface area contributed by atoms with E-state index in [1.807, 2.05) is 33.1 Å². The number of hydrogen-bond acceptors (Lipinski definition) is 5. The van der Waals surface area contributed by atoms with Crippen LogP contribution in [0.5, 0.6) is 0 Å². The average Bonchev–Trinajstić information content (AvgIpc) is 3.09. The van der Waals surface area contributed by atoms with E-state index in [0.717, 1.165) is 5.01 Å². The largest absolute Gasteiger partial charge is 0.525 e. The van der Waals surface area contributed by atoms with Gasteiger partial charge in [0, 0.05) is 17.7 Å². The van der Waals surface area contributed by atoms with Crippen molar-refractivity contribution >= 4 is 24.5 Å². The van der Waals surface area contributed by atoms with Crippen LogP contribution in [0.3, 0.4) is 0 Å². The molecular formula is C15H17BFNO3S. The number of halogens is 1. The summed E-state index contributed by atoms with van der Waals surface area (Å²) in [7, 11) is -1.02. The molecule has 1 saturated heterocycles. The van der Waals surface area contributed by atoms with E-state index >= 15 is 0 Å². The van der Waals surface area contributed by atoms with Gasteiger partial charge in [0.25, 0.3) is 0 Å². The van der Waals surface area contributed by atoms with Gasteiger partial charge in [-0.05, 0) is 39.8 Å². The molecule has 0 amide bonds. The molecule has 2 aromatic rings. The van der Waals surface area contributed by atoms with Gasteiger partial charge < -0.3 is 13.7 Å². The molecule has 3 heterocycles. The van der Waals surface area contributed by atoms with E-state index in [2.05, 4.69) is 4.98 Å². The van der Waals surface area contributed by atoms with Gasteiger partial charge in [0.05, 0.1) is 11.2 Å². The Morgan fingerprint density at radius 3 is 2.50 bits per heavy atom. The molecule has 0 unspecified atom stereocenters. The van der Waals surface area contributed by atoms with E-state index in [1.165, 1.54) is 17.4 Å². The van der Waals surface area contributed by atoms with Crippen molar-refractivity contribution in [1.29, 1.82) is 0 Å². The van der Waals surface area contributed by atoms with Gasteiger partial charge in [-0.3, -0.25) is 0 Å². The first-order valence-corrected chi connectivity index (χ1v) is 7.89. The van der Waals surface area contributed by atoms with Crippen LogP contribution in [0.2, 0.25) is 0 Å². The zero-order valence-corrected chi connectivity index (χ0v) is 13.7. The molecule has 0 N–H and O–H groups in total. The molecule has 0 radical (unpaired) electrons. The molecule has 0 aromatic carbocycles. The fourth-order valence-corrected chi connectivity index (χ4v) is 2.65. The van der Waals surface area contributed by atoms with E-state index in [-0.39, 0.29) is 0 Å². The van der Waals surface area contributed by atoms with Crippen LogP contribution in [-0.4, -0.2) is 23.3 Å². The monoisotopic (exact) mass is 321 g/mol. The first-order valence-electron chi connectivity index (χ1n) is 7.01. The Balaban J connectivity index is 1.79. The summed E-state index contributed by atoms with van der Waals surface area (Å²) in [6.07, 6.45) is 2.99. The van der Waals surface area contributed by atoms with Crippen molar-refractivity contribution in [3.05, 3.63) is 35.2 Å². The van der Waals surface area contributed by atoms with E-state index < -0.39 is 24.0 Å². The number of aromatic nitrogens is 1. The fraction of sp³-hybridized carbons (Fsp3) is 0.400. The highest BCUT2D eigenvalue weighted by Gasteiger charge is 2.53. The minimum Gasteiger partial charge on any atom is -0.454 e. The van der Waals surface area contributed by atoms with Crippen molar-refractivity contribution in [1.82, 2.24) is 4.98 Å². The van der Waals surface area contributed by atoms with Gasteiger partial charge in [-0.2, -0.15) is 0 Å². The lowest BCUT2D eigenvalue weighted by Gasteiger charge is -2.32. The molecule has 116 valence electrons. The third-order valence-corrected chi connectivity index (χ3v) is 4.82. The fourth-order valence-electron chi connectivity index (χ4n) is 2.05. The molecule has 1 aliphatic rings. The highest BCUT2D eigenvalue weighted by atomic mass is 32.1. The summed E-state index contributed by atoms with van der Waals surface area (Å²) in [4.78, 5) is 4.16. The number of thiazole rings is 1. The van der Waals surface area contributed by atoms with E-state index in [9.17, 15) is 4.39 Å². The summed E-state index contributed by atoms with van der Waals surface area (Å²) in [5.74, 6) is 1.01. The molecule has 0 bridgehead atoms. The molecule has 2 aromatic heterocycles. The lowest BCUT2D eigenvalue weighted by atomic mass is 9.87. The number of furan rings is 1. The van der Waals surface area contributed by atoms with Crippen LogP contribution in [0, 0.1) is 0 Å². The molecule has 0 aliphatic carbocycles. The van der Waals surface area contributed by atoms with Crippen LogP contribution in [0.1, 0.15) is 33.5 Å². The molecular weight excluding hydrogens is 304 g/mol. The third-order valence-electron chi connectivity index (χ3n) is 4.03. The molecule has 1 aliphatic heterocycles. The van der Waals surface area contributed by atoms with Crippen molar-refractivity contribution < 1.29 is 18.1 Å². The molecule has 22 heavy (non-hydrogen) atoms. The SMILES string of the molecule is CC1(C)OB(C(F)=Cc2ccc(-c3nccs3)o2)OC1(C)C. The van der Waals surface area contributed by atoms with Crippen molar-refractivity contribution in [2.75, 3.05) is 0 Å². The van der Waals surface area contributed by atoms with Gasteiger partial charge in [0.1, 0.15) is 11.5 Å². The first-order chi connectivity index (χ1) is 10.3. The number of rotatable bonds is 3. The quantitative estimate of drug-likeness (QED) is 0.789. The van der Waals surface area contributed by atoms with Crippen molar-refractivity contribution in [3.63, 3.8) is 0 Å². The minimum atomic E-state index is -1.02. The molecule has 0 spiro atoms. The lowest BCUT2D eigenvalue weighted by molar-refractivity contribution is 0.00578. The Kier molecular flexibility index (Phi) is 3.75. The third kappa shape index (κ3) is 2.76. The molecule has 1 fully saturated rings. The second-order valence-corrected chi connectivity index (χ2v) is 7.05. The van der Waals surface area contributed by atoms with Crippen molar-refractivity contribution in [2.24, 2.45) is 0 Å². The molecule has 0 saturated carbocycles. The van der Waals surface area contributed by atoms with Crippen LogP contribution in [-0.2, 0) is 9.31 Å². The maximum atomic E-state index is 14.4. The second kappa shape index (κ2) is 5.33. The Hall–Kier alpha value is -1.44. The van der Waals surface area contributed by atoms with Crippen molar-refractivity contribution in [2.45, 2.75) is 38.9 Å². The molecule has 7 heteroatoms. The summed E-state index contributed by atoms with van der Waals surface area (Å²) < 4.78 is 31.3. The first kappa shape index (κ1) is 15.5. The van der Waals surface area contributed by atoms with Gasteiger partial charge >= 0.3 is 7.12 Å². The number of hydrogen-bond donors (Lipinski definition) is 0. The second-order valence-electron chi connectivity index (χ2n) is 6.16. The Morgan fingerprint density at radius 1 is 1.23 bits per heavy atom. The molecule has 4 nitrogen and oxygen atoms in total. The standard InChI is InChI=1S/C15H17BFNO3S/c1-14(2)15(3,4)21-16(20-14)12(17)9-10-5-6-11(19-10)13-18-7-8-22-13/h5-9H,1-4H3. The van der Waals surface area contributed by atoms with Gasteiger partial charge in [0.15, 0.2) is 10.8 Å². The van der Waals surface area contributed by atoms with Gasteiger partial charge in [-0.1, -0.05) is 0 Å². The van der Waals surface area contributed by atoms with Gasteiger partial charge in [0.2, 0.25) is 0 Å². The molecule has 3 rings (SSSR count). The zero-order chi connectivity index (χ0) is 16.0. The van der Waals surface area contributed by atoms with Crippen LogP contribution < -0.4 is 0 Å². The Morgan fingerprint density at radius 2 is 1.91 bits per heavy atom. The topological polar surface area (TPSA) is 44.5 Å². The van der Waals surface area contributed by atoms with E-state index in [0.29, 0.717) is 11.5 Å². The minimum absolute atomic E-state index is 0.400. The highest BCUT2D eigenvalue weighted by molar-refractivity contribution is 7.13. The summed E-state index contributed by atoms with van der Waals surface area (Å²) in [6.45, 7) is 7.53. The summed E-state index contributed by atoms with van der Waals surface area (Å²) in [5, 5.41) is 2.62. The van der Waals surface area contributed by atoms with Crippen LogP contribution >= 0.6 is 11.3 Å². The van der Waals surface area contributed by atoms with E-state index in [4.69, 9.17) is 13.7 Å². The normalized spacial score (nSPS) is 20.6. The predicted octanol–water partition coefficient (Wildman–Crippen LogP) is 4.34. The highest BCUT2D eigenvalue weighted by Crippen LogP contribution is 2.39. The van der Waals surface area contributed by atoms with Gasteiger partial charge in [-0.25, -0.2) is 9.37 Å². The Labute approximate surface area is 133 Å². The van der Waals surface area contributed by atoms with Crippen molar-refractivity contribution in [3.8, 4) is 10.8 Å². The average molecular weight is 321 g/mol. The lowest BCUT2D eigenvalue weighted by Crippen LogP contribution is -2.41. The summed E-state index contributed by atoms with van der Waals surface area (Å²) in [6, 6.07) is 3.46. The predicted molar refractivity (Wildman–Crippen MR) is 85.0 cm³/mol. The molecule has 0 atom stereocenters. The Bertz CT molecular complexity index is 677. The maximum absolute atomic E-state index is 14.4. The zero-order valence-electron chi connectivity index (χ0n) is 12.9. The summed E-state index contributed by atoms with van der Waals surface area (Å²) >= 11 is 1.46. The smallest absolute Gasteiger partial charge is 0.454 e. The van der Waals surface area contributed by atoms with Gasteiger partial charge in [-0.15, -0.1) is 11.3 Å². The van der Waals surface area contributed by atoms with Crippen LogP contribution in [0.4, 0.5) is 4.39 Å². The van der Waals surface area contributed by atoms with E-state index in [1.54, 1.807) is 18.3 Å².